The summed E-state index contributed by atoms with van der Waals surface area (Å²) < 4.78 is 28.1. The summed E-state index contributed by atoms with van der Waals surface area (Å²) in [6, 6.07) is 7.04. The van der Waals surface area contributed by atoms with Gasteiger partial charge in [0.25, 0.3) is 0 Å². The third-order valence-electron chi connectivity index (χ3n) is 2.27. The number of hydrogen-bond donors (Lipinski definition) is 1. The number of methoxy groups -OCH3 is 1. The molecule has 0 aromatic heterocycles. The number of benzene rings is 1. The molecule has 1 N–H and O–H groups in total. The monoisotopic (exact) mass is 322 g/mol. The number of halogens is 2. The van der Waals surface area contributed by atoms with Gasteiger partial charge in [-0.05, 0) is 17.7 Å². The second-order valence-electron chi connectivity index (χ2n) is 3.83. The average Bonchev–Trinajstić information content (AvgIpc) is 2.35. The van der Waals surface area contributed by atoms with Crippen LogP contribution >= 0.6 is 23.2 Å². The van der Waals surface area contributed by atoms with Crippen molar-refractivity contribution < 1.29 is 13.2 Å². The van der Waals surface area contributed by atoms with Crippen molar-refractivity contribution in [3.63, 3.8) is 0 Å². The van der Waals surface area contributed by atoms with E-state index in [0.29, 0.717) is 11.3 Å². The number of sulfonamides is 1. The summed E-state index contributed by atoms with van der Waals surface area (Å²) in [6.45, 7) is 0. The minimum Gasteiger partial charge on any atom is -0.497 e. The van der Waals surface area contributed by atoms with E-state index in [1.165, 1.54) is 7.11 Å². The van der Waals surface area contributed by atoms with Crippen LogP contribution in [0.2, 0.25) is 0 Å². The normalized spacial score (nSPS) is 13.6. The molecule has 1 aromatic rings. The van der Waals surface area contributed by atoms with Gasteiger partial charge < -0.3 is 4.74 Å². The molecule has 0 aliphatic rings. The summed E-state index contributed by atoms with van der Waals surface area (Å²) in [6.07, 6.45) is 0.960. The highest BCUT2D eigenvalue weighted by Crippen LogP contribution is 2.36. The molecule has 0 heterocycles. The standard InChI is InChI=1S/C11H12Cl2N2O3S/c1-18-9-5-3-4-8(6-9)10(11(12,13)7-14)15-19(2,16)17/h3-6,10,15H,1-2H3/t10-/m0/s1. The van der Waals surface area contributed by atoms with Gasteiger partial charge in [0, 0.05) is 0 Å². The third-order valence-corrected chi connectivity index (χ3v) is 3.54. The van der Waals surface area contributed by atoms with Crippen LogP contribution in [-0.2, 0) is 10.0 Å². The smallest absolute Gasteiger partial charge is 0.223 e. The molecule has 0 aliphatic carbocycles. The fraction of sp³-hybridized carbons (Fsp3) is 0.364. The Morgan fingerprint density at radius 2 is 2.11 bits per heavy atom. The van der Waals surface area contributed by atoms with Crippen LogP contribution in [0.25, 0.3) is 0 Å². The van der Waals surface area contributed by atoms with Crippen LogP contribution in [0.5, 0.6) is 5.75 Å². The average molecular weight is 323 g/mol. The van der Waals surface area contributed by atoms with E-state index in [1.54, 1.807) is 30.3 Å². The van der Waals surface area contributed by atoms with E-state index in [9.17, 15) is 8.42 Å². The maximum atomic E-state index is 11.4. The van der Waals surface area contributed by atoms with E-state index >= 15 is 0 Å². The molecule has 0 fully saturated rings. The SMILES string of the molecule is COc1cccc([C@H](NS(C)(=O)=O)C(Cl)(Cl)C#N)c1. The first-order chi connectivity index (χ1) is 8.69. The Morgan fingerprint density at radius 1 is 1.47 bits per heavy atom. The minimum absolute atomic E-state index is 0.427. The topological polar surface area (TPSA) is 79.2 Å². The largest absolute Gasteiger partial charge is 0.497 e. The maximum Gasteiger partial charge on any atom is 0.223 e. The lowest BCUT2D eigenvalue weighted by molar-refractivity contribution is 0.413. The Bertz CT molecular complexity index is 596. The molecule has 0 aliphatic heterocycles. The van der Waals surface area contributed by atoms with Gasteiger partial charge in [0.05, 0.1) is 19.4 Å². The Balaban J connectivity index is 3.27. The van der Waals surface area contributed by atoms with Crippen LogP contribution in [-0.4, -0.2) is 26.1 Å². The maximum absolute atomic E-state index is 11.4. The van der Waals surface area contributed by atoms with E-state index in [1.807, 2.05) is 0 Å². The zero-order chi connectivity index (χ0) is 14.7. The third kappa shape index (κ3) is 4.55. The summed E-state index contributed by atoms with van der Waals surface area (Å²) >= 11 is 11.7. The molecule has 0 saturated carbocycles. The molecular formula is C11H12Cl2N2O3S. The van der Waals surface area contributed by atoms with Crippen LogP contribution < -0.4 is 9.46 Å². The van der Waals surface area contributed by atoms with Crippen molar-refractivity contribution in [2.75, 3.05) is 13.4 Å². The van der Waals surface area contributed by atoms with Crippen LogP contribution in [0.1, 0.15) is 11.6 Å². The van der Waals surface area contributed by atoms with Gasteiger partial charge in [-0.15, -0.1) is 0 Å². The molecule has 104 valence electrons. The summed E-state index contributed by atoms with van der Waals surface area (Å²) in [5, 5.41) is 8.97. The quantitative estimate of drug-likeness (QED) is 0.841. The predicted octanol–water partition coefficient (Wildman–Crippen LogP) is 1.98. The molecule has 0 radical (unpaired) electrons. The van der Waals surface area contributed by atoms with Crippen molar-refractivity contribution in [1.29, 1.82) is 5.26 Å². The molecule has 0 unspecified atom stereocenters. The summed E-state index contributed by atoms with van der Waals surface area (Å²) in [5.74, 6) is 0.500. The number of alkyl halides is 2. The lowest BCUT2D eigenvalue weighted by atomic mass is 10.0. The van der Waals surface area contributed by atoms with E-state index in [4.69, 9.17) is 33.2 Å². The molecule has 0 saturated heterocycles. The van der Waals surface area contributed by atoms with Gasteiger partial charge in [-0.1, -0.05) is 35.3 Å². The molecule has 5 nitrogen and oxygen atoms in total. The Kier molecular flexibility index (Phi) is 5.04. The molecule has 19 heavy (non-hydrogen) atoms. The fourth-order valence-electron chi connectivity index (χ4n) is 1.45. The molecule has 8 heteroatoms. The van der Waals surface area contributed by atoms with Crippen LogP contribution in [0.3, 0.4) is 0 Å². The van der Waals surface area contributed by atoms with Crippen molar-refractivity contribution in [2.24, 2.45) is 0 Å². The van der Waals surface area contributed by atoms with E-state index in [0.717, 1.165) is 6.26 Å². The first-order valence-electron chi connectivity index (χ1n) is 5.10. The van der Waals surface area contributed by atoms with Crippen LogP contribution in [0.15, 0.2) is 24.3 Å². The van der Waals surface area contributed by atoms with E-state index in [-0.39, 0.29) is 0 Å². The van der Waals surface area contributed by atoms with Crippen LogP contribution in [0, 0.1) is 11.3 Å². The predicted molar refractivity (Wildman–Crippen MR) is 73.8 cm³/mol. The number of ether oxygens (including phenoxy) is 1. The van der Waals surface area contributed by atoms with Gasteiger partial charge in [0.1, 0.15) is 11.8 Å². The number of nitrogens with one attached hydrogen (secondary N) is 1. The van der Waals surface area contributed by atoms with Crippen molar-refractivity contribution in [1.82, 2.24) is 4.72 Å². The zero-order valence-electron chi connectivity index (χ0n) is 10.2. The summed E-state index contributed by atoms with van der Waals surface area (Å²) in [5.41, 5.74) is 0.427. The number of nitriles is 1. The van der Waals surface area contributed by atoms with E-state index < -0.39 is 20.4 Å². The molecule has 1 atom stereocenters. The molecule has 1 rings (SSSR count). The lowest BCUT2D eigenvalue weighted by Crippen LogP contribution is -2.38. The molecule has 0 amide bonds. The fourth-order valence-corrected chi connectivity index (χ4v) is 2.68. The van der Waals surface area contributed by atoms with Crippen molar-refractivity contribution in [3.05, 3.63) is 29.8 Å². The highest BCUT2D eigenvalue weighted by molar-refractivity contribution is 7.88. The second kappa shape index (κ2) is 5.97. The van der Waals surface area contributed by atoms with E-state index in [2.05, 4.69) is 4.72 Å². The number of hydrogen-bond acceptors (Lipinski definition) is 4. The minimum atomic E-state index is -3.60. The number of rotatable bonds is 5. The first kappa shape index (κ1) is 16.1. The molecular weight excluding hydrogens is 311 g/mol. The molecule has 1 aromatic carbocycles. The highest BCUT2D eigenvalue weighted by atomic mass is 35.5. The van der Waals surface area contributed by atoms with Crippen molar-refractivity contribution >= 4 is 33.2 Å². The van der Waals surface area contributed by atoms with Gasteiger partial charge in [0.2, 0.25) is 14.4 Å². The zero-order valence-corrected chi connectivity index (χ0v) is 12.6. The second-order valence-corrected chi connectivity index (χ2v) is 7.00. The first-order valence-corrected chi connectivity index (χ1v) is 7.74. The lowest BCUT2D eigenvalue weighted by Gasteiger charge is -2.24. The van der Waals surface area contributed by atoms with Gasteiger partial charge in [-0.2, -0.15) is 5.26 Å². The molecule has 0 spiro atoms. The van der Waals surface area contributed by atoms with Gasteiger partial charge in [-0.3, -0.25) is 0 Å². The van der Waals surface area contributed by atoms with Gasteiger partial charge in [0.15, 0.2) is 0 Å². The summed E-state index contributed by atoms with van der Waals surface area (Å²) in [7, 11) is -2.13. The number of nitrogens with zero attached hydrogens (tertiary/aromatic N) is 1. The summed E-state index contributed by atoms with van der Waals surface area (Å²) in [4.78, 5) is 0. The van der Waals surface area contributed by atoms with Gasteiger partial charge >= 0.3 is 0 Å². The Morgan fingerprint density at radius 3 is 2.58 bits per heavy atom. The van der Waals surface area contributed by atoms with Crippen molar-refractivity contribution in [2.45, 2.75) is 10.4 Å². The van der Waals surface area contributed by atoms with Crippen molar-refractivity contribution in [3.8, 4) is 11.8 Å². The van der Waals surface area contributed by atoms with Crippen LogP contribution in [0.4, 0.5) is 0 Å². The Hall–Kier alpha value is -1.00. The van der Waals surface area contributed by atoms with Gasteiger partial charge in [-0.25, -0.2) is 13.1 Å². The Labute approximate surface area is 122 Å². The molecule has 0 bridgehead atoms. The highest BCUT2D eigenvalue weighted by Gasteiger charge is 2.38.